The molecule has 34 heavy (non-hydrogen) atoms. The van der Waals surface area contributed by atoms with Crippen LogP contribution in [0, 0.1) is 5.92 Å². The largest absolute Gasteiger partial charge is 0.328 e. The van der Waals surface area contributed by atoms with Crippen molar-refractivity contribution in [1.29, 1.82) is 0 Å². The lowest BCUT2D eigenvalue weighted by Crippen LogP contribution is -2.25. The van der Waals surface area contributed by atoms with Crippen molar-refractivity contribution in [2.45, 2.75) is 65.0 Å². The van der Waals surface area contributed by atoms with Crippen molar-refractivity contribution in [2.75, 3.05) is 0 Å². The van der Waals surface area contributed by atoms with Crippen molar-refractivity contribution in [3.8, 4) is 22.5 Å². The molecule has 8 nitrogen and oxygen atoms in total. The highest BCUT2D eigenvalue weighted by atomic mass is 16.1. The molecule has 4 aromatic rings. The van der Waals surface area contributed by atoms with E-state index in [1.165, 1.54) is 12.8 Å². The number of tetrazole rings is 1. The van der Waals surface area contributed by atoms with Gasteiger partial charge in [0.15, 0.2) is 0 Å². The second kappa shape index (κ2) is 9.75. The lowest BCUT2D eigenvalue weighted by molar-refractivity contribution is 0.578. The van der Waals surface area contributed by atoms with Crippen LogP contribution in [0.4, 0.5) is 0 Å². The quantitative estimate of drug-likeness (QED) is 0.374. The predicted molar refractivity (Wildman–Crippen MR) is 131 cm³/mol. The predicted octanol–water partition coefficient (Wildman–Crippen LogP) is 4.64. The summed E-state index contributed by atoms with van der Waals surface area (Å²) in [5.41, 5.74) is 4.95. The summed E-state index contributed by atoms with van der Waals surface area (Å²) in [5, 5.41) is 14.4. The Kier molecular flexibility index (Phi) is 6.38. The number of nitrogens with zero attached hydrogens (tertiary/aromatic N) is 6. The fourth-order valence-corrected chi connectivity index (χ4v) is 4.81. The Balaban J connectivity index is 1.41. The van der Waals surface area contributed by atoms with Gasteiger partial charge in [0.25, 0.3) is 0 Å². The van der Waals surface area contributed by atoms with Crippen LogP contribution >= 0.6 is 0 Å². The molecule has 2 unspecified atom stereocenters. The summed E-state index contributed by atoms with van der Waals surface area (Å²) in [7, 11) is 0. The van der Waals surface area contributed by atoms with Crippen LogP contribution in [0.3, 0.4) is 0 Å². The van der Waals surface area contributed by atoms with Gasteiger partial charge >= 0.3 is 5.69 Å². The number of H-pyrrole nitrogens is 1. The molecule has 1 saturated carbocycles. The number of aromatic nitrogens is 7. The number of hydrogen-bond donors (Lipinski definition) is 1. The van der Waals surface area contributed by atoms with Gasteiger partial charge in [-0.3, -0.25) is 14.1 Å². The third kappa shape index (κ3) is 4.44. The molecular formula is C26H31N7O. The highest BCUT2D eigenvalue weighted by Crippen LogP contribution is 2.45. The zero-order valence-electron chi connectivity index (χ0n) is 19.8. The van der Waals surface area contributed by atoms with E-state index < -0.39 is 0 Å². The number of hydrogen-bond acceptors (Lipinski definition) is 5. The van der Waals surface area contributed by atoms with Gasteiger partial charge in [-0.1, -0.05) is 57.0 Å². The Bertz CT molecular complexity index is 1290. The third-order valence-electron chi connectivity index (χ3n) is 6.74. The lowest BCUT2D eigenvalue weighted by atomic mass is 10.0. The van der Waals surface area contributed by atoms with Crippen LogP contribution in [0.25, 0.3) is 22.5 Å². The molecule has 0 radical (unpaired) electrons. The minimum atomic E-state index is 0.100. The van der Waals surface area contributed by atoms with Crippen LogP contribution in [0.1, 0.15) is 63.4 Å². The number of nitrogens with one attached hydrogen (secondary N) is 1. The minimum Gasteiger partial charge on any atom is -0.296 e. The molecule has 3 aromatic heterocycles. The summed E-state index contributed by atoms with van der Waals surface area (Å²) in [6, 6.07) is 12.4. The average Bonchev–Trinajstić information content (AvgIpc) is 3.27. The van der Waals surface area contributed by atoms with Crippen molar-refractivity contribution in [1.82, 2.24) is 34.7 Å². The molecule has 0 amide bonds. The van der Waals surface area contributed by atoms with Gasteiger partial charge in [0, 0.05) is 35.3 Å². The van der Waals surface area contributed by atoms with E-state index in [0.29, 0.717) is 24.3 Å². The SMILES string of the molecule is CCCCc1cn(C2CC2CCC)c(=O)n1Cc1ccc(-c2ccccc2-c2nn[nH]n2)cn1. The normalized spacial score (nSPS) is 17.2. The Morgan fingerprint density at radius 3 is 2.65 bits per heavy atom. The van der Waals surface area contributed by atoms with Gasteiger partial charge in [-0.05, 0) is 48.4 Å². The topological polar surface area (TPSA) is 94.3 Å². The highest BCUT2D eigenvalue weighted by Gasteiger charge is 2.39. The van der Waals surface area contributed by atoms with Crippen molar-refractivity contribution >= 4 is 0 Å². The van der Waals surface area contributed by atoms with Crippen LogP contribution in [0.2, 0.25) is 0 Å². The first-order valence-electron chi connectivity index (χ1n) is 12.3. The van der Waals surface area contributed by atoms with Crippen molar-refractivity contribution < 1.29 is 0 Å². The van der Waals surface area contributed by atoms with Gasteiger partial charge in [-0.2, -0.15) is 5.21 Å². The summed E-state index contributed by atoms with van der Waals surface area (Å²) in [4.78, 5) is 18.0. The molecule has 1 aromatic carbocycles. The smallest absolute Gasteiger partial charge is 0.296 e. The molecule has 176 valence electrons. The van der Waals surface area contributed by atoms with Crippen molar-refractivity contribution in [2.24, 2.45) is 5.92 Å². The first-order valence-corrected chi connectivity index (χ1v) is 12.3. The summed E-state index contributed by atoms with van der Waals surface area (Å²) in [5.74, 6) is 1.20. The van der Waals surface area contributed by atoms with Gasteiger partial charge in [-0.25, -0.2) is 4.79 Å². The van der Waals surface area contributed by atoms with E-state index in [-0.39, 0.29) is 5.69 Å². The fraction of sp³-hybridized carbons (Fsp3) is 0.423. The second-order valence-electron chi connectivity index (χ2n) is 9.17. The molecule has 1 aliphatic carbocycles. The number of benzene rings is 1. The van der Waals surface area contributed by atoms with Crippen molar-refractivity contribution in [3.63, 3.8) is 0 Å². The number of aryl methyl sites for hydroxylation is 1. The third-order valence-corrected chi connectivity index (χ3v) is 6.74. The Hall–Kier alpha value is -3.55. The molecule has 1 aliphatic rings. The fourth-order valence-electron chi connectivity index (χ4n) is 4.81. The Labute approximate surface area is 199 Å². The molecule has 0 spiro atoms. The molecule has 3 heterocycles. The number of unbranched alkanes of at least 4 members (excludes halogenated alkanes) is 1. The average molecular weight is 458 g/mol. The van der Waals surface area contributed by atoms with Gasteiger partial charge in [0.05, 0.1) is 12.2 Å². The monoisotopic (exact) mass is 457 g/mol. The van der Waals surface area contributed by atoms with Crippen LogP contribution in [-0.2, 0) is 13.0 Å². The Morgan fingerprint density at radius 1 is 1.09 bits per heavy atom. The van der Waals surface area contributed by atoms with Gasteiger partial charge in [0.2, 0.25) is 5.82 Å². The maximum Gasteiger partial charge on any atom is 0.328 e. The van der Waals surface area contributed by atoms with E-state index >= 15 is 0 Å². The maximum atomic E-state index is 13.3. The number of pyridine rings is 1. The molecule has 1 N–H and O–H groups in total. The molecular weight excluding hydrogens is 426 g/mol. The van der Waals surface area contributed by atoms with Crippen LogP contribution in [-0.4, -0.2) is 34.7 Å². The second-order valence-corrected chi connectivity index (χ2v) is 9.17. The van der Waals surface area contributed by atoms with Gasteiger partial charge in [-0.15, -0.1) is 10.2 Å². The minimum absolute atomic E-state index is 0.100. The van der Waals surface area contributed by atoms with Crippen molar-refractivity contribution in [3.05, 3.63) is 70.7 Å². The zero-order chi connectivity index (χ0) is 23.5. The number of aromatic amines is 1. The number of rotatable bonds is 10. The molecule has 0 aliphatic heterocycles. The van der Waals surface area contributed by atoms with Gasteiger partial charge < -0.3 is 0 Å². The van der Waals surface area contributed by atoms with Gasteiger partial charge in [0.1, 0.15) is 0 Å². The van der Waals surface area contributed by atoms with E-state index in [4.69, 9.17) is 4.98 Å². The summed E-state index contributed by atoms with van der Waals surface area (Å²) in [6.45, 7) is 4.89. The molecule has 5 rings (SSSR count). The zero-order valence-corrected chi connectivity index (χ0v) is 19.8. The van der Waals surface area contributed by atoms with E-state index in [1.807, 2.05) is 51.7 Å². The van der Waals surface area contributed by atoms with E-state index in [1.54, 1.807) is 0 Å². The van der Waals surface area contributed by atoms with E-state index in [2.05, 4.69) is 40.7 Å². The molecule has 2 atom stereocenters. The molecule has 1 fully saturated rings. The van der Waals surface area contributed by atoms with E-state index in [0.717, 1.165) is 53.8 Å². The molecule has 8 heteroatoms. The van der Waals surface area contributed by atoms with E-state index in [9.17, 15) is 4.79 Å². The summed E-state index contributed by atoms with van der Waals surface area (Å²) >= 11 is 0. The van der Waals surface area contributed by atoms with Crippen LogP contribution in [0.15, 0.2) is 53.6 Å². The standard InChI is InChI=1S/C26H31N7O/c1-3-5-9-21-17-33(24-14-18(24)8-4-2)26(34)32(21)16-20-13-12-19(15-27-20)22-10-6-7-11-23(22)25-28-30-31-29-25/h6-7,10-13,15,17-18,24H,3-5,8-9,14,16H2,1-2H3,(H,28,29,30,31). The molecule has 0 bridgehead atoms. The maximum absolute atomic E-state index is 13.3. The first kappa shape index (κ1) is 22.3. The summed E-state index contributed by atoms with van der Waals surface area (Å²) < 4.78 is 3.91. The first-order chi connectivity index (χ1) is 16.7. The number of imidazole rings is 1. The van der Waals surface area contributed by atoms with Crippen LogP contribution in [0.5, 0.6) is 0 Å². The summed E-state index contributed by atoms with van der Waals surface area (Å²) in [6.07, 6.45) is 10.6. The highest BCUT2D eigenvalue weighted by molar-refractivity contribution is 5.79. The Morgan fingerprint density at radius 2 is 1.94 bits per heavy atom. The molecule has 0 saturated heterocycles. The lowest BCUT2D eigenvalue weighted by Gasteiger charge is -2.09. The van der Waals surface area contributed by atoms with Crippen LogP contribution < -0.4 is 5.69 Å².